The van der Waals surface area contributed by atoms with E-state index in [-0.39, 0.29) is 136 Å². The average molecular weight is 1600 g/mol. The van der Waals surface area contributed by atoms with Gasteiger partial charge in [0.25, 0.3) is 0 Å². The van der Waals surface area contributed by atoms with E-state index in [0.717, 1.165) is 82.6 Å². The Morgan fingerprint density at radius 1 is 0.138 bits per heavy atom. The molecule has 3 aromatic heterocycles. The van der Waals surface area contributed by atoms with Crippen LogP contribution in [0, 0.1) is 0 Å². The monoisotopic (exact) mass is 1600 g/mol. The molecule has 0 saturated carbocycles. The molecule has 574 valence electrons. The normalized spacial score (nSPS) is 15.1. The fourth-order valence-corrected chi connectivity index (χ4v) is 17.6. The Morgan fingerprint density at radius 3 is 1.02 bits per heavy atom. The number of hydrogen-bond donors (Lipinski definition) is 0. The second-order valence-electron chi connectivity index (χ2n) is 29.4. The van der Waals surface area contributed by atoms with E-state index in [4.69, 9.17) is 46.1 Å². The molecule has 0 aliphatic heterocycles. The van der Waals surface area contributed by atoms with Gasteiger partial charge in [-0.1, -0.05) is 424 Å². The van der Waals surface area contributed by atoms with Crippen molar-refractivity contribution in [3.05, 3.63) is 460 Å². The molecule has 3 heterocycles. The van der Waals surface area contributed by atoms with Gasteiger partial charge in [-0.25, -0.2) is 0 Å². The van der Waals surface area contributed by atoms with Crippen LogP contribution in [0.3, 0.4) is 0 Å². The van der Waals surface area contributed by atoms with Crippen LogP contribution in [-0.4, -0.2) is 0 Å². The molecule has 3 nitrogen and oxygen atoms in total. The number of para-hydroxylation sites is 3. The van der Waals surface area contributed by atoms with Crippen LogP contribution >= 0.6 is 0 Å². The van der Waals surface area contributed by atoms with Crippen molar-refractivity contribution in [2.45, 2.75) is 0 Å². The van der Waals surface area contributed by atoms with Gasteiger partial charge < -0.3 is 13.3 Å². The molecule has 0 N–H and O–H groups in total. The zero-order valence-corrected chi connectivity index (χ0v) is 64.7. The highest BCUT2D eigenvalue weighted by Gasteiger charge is 2.27. The quantitative estimate of drug-likeness (QED) is 0.128. The minimum Gasteiger partial charge on any atom is -0.456 e. The van der Waals surface area contributed by atoms with Crippen LogP contribution in [-0.2, 0) is 0 Å². The fraction of sp³-hybridized carbons (Fsp3) is 0. The van der Waals surface area contributed by atoms with Crippen LogP contribution in [0.2, 0.25) is 0 Å². The maximum Gasteiger partial charge on any atom is 0.143 e. The topological polar surface area (TPSA) is 39.4 Å². The first-order valence-electron chi connectivity index (χ1n) is 55.2. The second kappa shape index (κ2) is 30.6. The lowest BCUT2D eigenvalue weighted by Gasteiger charge is -2.21. The van der Waals surface area contributed by atoms with Crippen molar-refractivity contribution < 1.29 is 55.7 Å². The Hall–Kier alpha value is -16.2. The largest absolute Gasteiger partial charge is 0.456 e. The van der Waals surface area contributed by atoms with Crippen molar-refractivity contribution in [1.82, 2.24) is 0 Å². The molecule has 0 spiro atoms. The van der Waals surface area contributed by atoms with Gasteiger partial charge in [-0.05, 0) is 201 Å². The molecular weight excluding hydrogens is 1490 g/mol. The standard InChI is InChI=1S/2C44H28O.C32H20O/c1-4-15-29(16-5-1)32-24-14-25-37-40(31-19-8-3-9-20-31)34-21-10-11-22-35(34)42(41(32)37)38-28-27-33(30-17-6-2-7-18-30)44-43(38)36-23-12-13-26-39(36)45-44;1-3-13-30(14-4-1)41-34-17-7-9-19-36(34)42(37-20-10-8-18-35(37)41)32-25-23-29(24-26-32)33-27-28-40-44(38-21-11-12-22-39(38)45-40)43(33)31-15-5-2-6-16-31;1-2-11-21(12-3-1)30-22-13-4-6-15-24(22)31(25-16-7-5-14-23(25)30)27-18-10-20-29-32(27)26-17-8-9-19-28(26)33-29/h2*1-28H;1-20H/i10D,11D,21D,22D;1D,3D,4D,7D,8D,9D,10D,11D,12D,13D,14D,17D,18D,19D,20D,21D,22D,27D,28D;4D,5D,6D,7D,13D,14D,15D,16D. The van der Waals surface area contributed by atoms with Crippen LogP contribution in [0.25, 0.3) is 242 Å². The van der Waals surface area contributed by atoms with E-state index in [9.17, 15) is 9.60 Å². The third kappa shape index (κ3) is 12.4. The maximum atomic E-state index is 9.52. The van der Waals surface area contributed by atoms with Crippen molar-refractivity contribution >= 4 is 130 Å². The van der Waals surface area contributed by atoms with Gasteiger partial charge in [0.15, 0.2) is 0 Å². The summed E-state index contributed by atoms with van der Waals surface area (Å²) >= 11 is 0. The van der Waals surface area contributed by atoms with E-state index >= 15 is 0 Å². The molecule has 0 saturated heterocycles. The van der Waals surface area contributed by atoms with Crippen molar-refractivity contribution in [2.24, 2.45) is 0 Å². The Kier molecular flexibility index (Phi) is 11.7. The lowest BCUT2D eigenvalue weighted by atomic mass is 9.82. The first kappa shape index (κ1) is 46.8. The summed E-state index contributed by atoms with van der Waals surface area (Å²) in [5, 5.41) is 5.82. The highest BCUT2D eigenvalue weighted by atomic mass is 16.3. The zero-order chi connectivity index (χ0) is 108. The van der Waals surface area contributed by atoms with E-state index in [2.05, 4.69) is 54.6 Å². The van der Waals surface area contributed by atoms with E-state index < -0.39 is 144 Å². The smallest absolute Gasteiger partial charge is 0.143 e. The third-order valence-corrected chi connectivity index (χ3v) is 22.7. The van der Waals surface area contributed by atoms with Gasteiger partial charge in [-0.15, -0.1) is 0 Å². The van der Waals surface area contributed by atoms with Crippen LogP contribution in [0.4, 0.5) is 0 Å². The summed E-state index contributed by atoms with van der Waals surface area (Å²) in [6, 6.07) is 69.8. The summed E-state index contributed by atoms with van der Waals surface area (Å²) < 4.78 is 293. The molecule has 22 aromatic carbocycles. The van der Waals surface area contributed by atoms with Gasteiger partial charge in [-0.2, -0.15) is 0 Å². The van der Waals surface area contributed by atoms with Gasteiger partial charge in [0.2, 0.25) is 0 Å². The molecule has 0 atom stereocenters. The number of hydrogen-bond acceptors (Lipinski definition) is 3. The molecule has 25 aromatic rings. The van der Waals surface area contributed by atoms with Gasteiger partial charge in [0.1, 0.15) is 33.5 Å². The van der Waals surface area contributed by atoms with Gasteiger partial charge >= 0.3 is 0 Å². The highest BCUT2D eigenvalue weighted by molar-refractivity contribution is 6.31. The lowest BCUT2D eigenvalue weighted by molar-refractivity contribution is 0.668. The highest BCUT2D eigenvalue weighted by Crippen LogP contribution is 2.54. The Balaban J connectivity index is 0.000000129. The first-order valence-corrected chi connectivity index (χ1v) is 39.7. The van der Waals surface area contributed by atoms with Crippen molar-refractivity contribution in [2.75, 3.05) is 0 Å². The SMILES string of the molecule is [2H]c1c([2H])c([2H])c(-c2c3c([2H])c([2H])c([2H])c([2H])c3c(-c3ccc(-c4c([2H])c([2H])c5oc6c([2H])c([2H])c([2H])c([2H])c6c5c4-c4ccccc4)cc3)c3c([2H])c([2H])c([2H])c([2H])c23)c([2H])c1[2H].[2H]c1c([2H])c([2H])c2c(-c3ccc(-c4ccccc4)c4oc5ccccc5c34)c3c(-c4ccccc4)cccc3c(-c3ccccc3)c2c1[2H].[2H]c1c([2H])c([2H])c2c(-c3cccc4oc5ccccc5c34)c3c([2H])c([2H])c([2H])c([2H])c3c(-c3ccccc3)c2c1[2H]. The number of fused-ring (bicyclic) bond motifs is 15. The van der Waals surface area contributed by atoms with Crippen LogP contribution in [0.5, 0.6) is 0 Å². The molecule has 0 fully saturated rings. The van der Waals surface area contributed by atoms with Crippen LogP contribution in [0.15, 0.2) is 474 Å². The molecular formula is C120H76O3. The number of furan rings is 3. The molecule has 0 aliphatic rings. The third-order valence-electron chi connectivity index (χ3n) is 22.7. The van der Waals surface area contributed by atoms with E-state index in [0.29, 0.717) is 66.3 Å². The van der Waals surface area contributed by atoms with Crippen molar-refractivity contribution in [3.8, 4) is 111 Å². The van der Waals surface area contributed by atoms with E-state index in [1.807, 2.05) is 133 Å². The molecule has 0 radical (unpaired) electrons. The second-order valence-corrected chi connectivity index (χ2v) is 29.4. The molecule has 0 unspecified atom stereocenters. The minimum absolute atomic E-state index is 0.00614. The van der Waals surface area contributed by atoms with E-state index in [1.54, 1.807) is 60.7 Å². The number of rotatable bonds is 10. The summed E-state index contributed by atoms with van der Waals surface area (Å²) in [6.07, 6.45) is 0. The Labute approximate surface area is 754 Å². The summed E-state index contributed by atoms with van der Waals surface area (Å²) in [5.74, 6) is 0. The van der Waals surface area contributed by atoms with Gasteiger partial charge in [-0.3, -0.25) is 0 Å². The average Bonchev–Trinajstić information content (AvgIpc) is 0.972. The van der Waals surface area contributed by atoms with Gasteiger partial charge in [0.05, 0.1) is 42.5 Å². The predicted octanol–water partition coefficient (Wildman–Crippen LogP) is 34.3. The molecule has 0 bridgehead atoms. The van der Waals surface area contributed by atoms with Crippen LogP contribution in [0.1, 0.15) is 42.5 Å². The first-order chi connectivity index (χ1) is 74.0. The van der Waals surface area contributed by atoms with Crippen molar-refractivity contribution in [3.63, 3.8) is 0 Å². The molecule has 3 heteroatoms. The van der Waals surface area contributed by atoms with Crippen LogP contribution < -0.4 is 0 Å². The Bertz CT molecular complexity index is 10200. The molecule has 25 rings (SSSR count). The zero-order valence-electron chi connectivity index (χ0n) is 95.7. The van der Waals surface area contributed by atoms with Crippen molar-refractivity contribution in [1.29, 1.82) is 0 Å². The fourth-order valence-electron chi connectivity index (χ4n) is 17.6. The van der Waals surface area contributed by atoms with Gasteiger partial charge in [0, 0.05) is 43.4 Å². The molecule has 0 amide bonds. The summed E-state index contributed by atoms with van der Waals surface area (Å²) in [4.78, 5) is 0. The number of benzene rings is 22. The lowest BCUT2D eigenvalue weighted by Crippen LogP contribution is -1.94. The minimum atomic E-state index is -0.778. The summed E-state index contributed by atoms with van der Waals surface area (Å²) in [7, 11) is 0. The van der Waals surface area contributed by atoms with E-state index in [1.165, 1.54) is 24.3 Å². The Morgan fingerprint density at radius 2 is 0.480 bits per heavy atom. The predicted molar refractivity (Wildman–Crippen MR) is 521 cm³/mol. The summed E-state index contributed by atoms with van der Waals surface area (Å²) in [6.45, 7) is 0. The molecule has 123 heavy (non-hydrogen) atoms. The molecule has 0 aliphatic carbocycles. The maximum absolute atomic E-state index is 9.52. The summed E-state index contributed by atoms with van der Waals surface area (Å²) in [5.41, 5.74) is 11.8.